The van der Waals surface area contributed by atoms with Crippen molar-refractivity contribution >= 4 is 19.7 Å². The Bertz CT molecular complexity index is 1630. The Hall–Kier alpha value is -2.81. The average molecular weight is 1130 g/mol. The fraction of sp³-hybridized carbons (Fsp3) is 0.768. The number of likely N-dealkylation sites (N-methyl/N-ethyl adjacent to an activating group) is 1. The van der Waals surface area contributed by atoms with E-state index in [9.17, 15) is 19.0 Å². The zero-order valence-corrected chi connectivity index (χ0v) is 53.2. The van der Waals surface area contributed by atoms with Crippen LogP contribution in [0.1, 0.15) is 290 Å². The molecule has 10 heteroatoms. The van der Waals surface area contributed by atoms with Crippen molar-refractivity contribution < 1.29 is 37.3 Å². The van der Waals surface area contributed by atoms with E-state index in [0.29, 0.717) is 17.4 Å². The number of rotatable bonds is 59. The SMILES string of the molecule is CC/C=C\C/C=C\C/C=C\C/C=C\C/C=C\C/C=C\CCCCCCCCCCC(=O)OC(/C=C\CCCCCCCCCCC)C(COP(=O)([O-])OCC[N+](C)(C)C)NC(=O)CCCCCCCCCCCCCCCCC. The van der Waals surface area contributed by atoms with Crippen LogP contribution in [0.15, 0.2) is 85.1 Å². The minimum atomic E-state index is -4.70. The normalized spacial score (nSPS) is 14.2. The second-order valence-electron chi connectivity index (χ2n) is 23.2. The number of amides is 1. The Morgan fingerprint density at radius 1 is 0.456 bits per heavy atom. The van der Waals surface area contributed by atoms with Crippen LogP contribution in [0.5, 0.6) is 0 Å². The molecule has 0 aliphatic carbocycles. The van der Waals surface area contributed by atoms with E-state index >= 15 is 0 Å². The standard InChI is InChI=1S/C69H125N2O7P/c1-7-10-13-16-19-22-25-27-29-30-31-32-33-34-35-36-37-38-39-40-42-44-47-50-53-56-59-62-69(73)78-67(60-57-54-51-48-45-24-21-18-15-12-9-3)66(65-77-79(74,75)76-64-63-71(4,5)6)70-68(72)61-58-55-52-49-46-43-41-28-26-23-20-17-14-11-8-2/h10,13,19,22,27,29,31-32,34-35,37-38,57,60,66-67H,7-9,11-12,14-18,20-21,23-26,28,30,33,36,39-56,58-59,61-65H2,1-6H3,(H-,70,72,74,75)/b13-10-,22-19-,29-27-,32-31-,35-34-,38-37-,60-57-. The van der Waals surface area contributed by atoms with Crippen molar-refractivity contribution in [2.75, 3.05) is 40.9 Å². The zero-order chi connectivity index (χ0) is 57.9. The van der Waals surface area contributed by atoms with E-state index in [4.69, 9.17) is 13.8 Å². The Morgan fingerprint density at radius 3 is 1.22 bits per heavy atom. The summed E-state index contributed by atoms with van der Waals surface area (Å²) in [5.41, 5.74) is 0. The third kappa shape index (κ3) is 59.6. The fourth-order valence-corrected chi connectivity index (χ4v) is 10.0. The number of nitrogens with one attached hydrogen (secondary N) is 1. The van der Waals surface area contributed by atoms with E-state index in [1.54, 1.807) is 0 Å². The lowest BCUT2D eigenvalue weighted by Crippen LogP contribution is -2.47. The molecule has 0 aliphatic rings. The summed E-state index contributed by atoms with van der Waals surface area (Å²) < 4.78 is 30.3. The third-order valence-corrected chi connectivity index (χ3v) is 15.3. The van der Waals surface area contributed by atoms with Crippen LogP contribution in [0, 0.1) is 0 Å². The fourth-order valence-electron chi connectivity index (χ4n) is 9.29. The molecular formula is C69H125N2O7P. The van der Waals surface area contributed by atoms with Crippen LogP contribution < -0.4 is 10.2 Å². The topological polar surface area (TPSA) is 114 Å². The summed E-state index contributed by atoms with van der Waals surface area (Å²) in [4.78, 5) is 40.0. The first-order chi connectivity index (χ1) is 38.4. The van der Waals surface area contributed by atoms with E-state index in [2.05, 4.69) is 99.0 Å². The molecular weight excluding hydrogens is 1000 g/mol. The van der Waals surface area contributed by atoms with Gasteiger partial charge in [0.1, 0.15) is 19.3 Å². The summed E-state index contributed by atoms with van der Waals surface area (Å²) >= 11 is 0. The number of hydrogen-bond donors (Lipinski definition) is 1. The van der Waals surface area contributed by atoms with Gasteiger partial charge in [0.15, 0.2) is 0 Å². The molecule has 3 atom stereocenters. The third-order valence-electron chi connectivity index (χ3n) is 14.3. The maximum absolute atomic E-state index is 13.5. The van der Waals surface area contributed by atoms with Gasteiger partial charge in [-0.15, -0.1) is 0 Å². The highest BCUT2D eigenvalue weighted by Crippen LogP contribution is 2.38. The first-order valence-corrected chi connectivity index (χ1v) is 34.4. The monoisotopic (exact) mass is 1120 g/mol. The lowest BCUT2D eigenvalue weighted by molar-refractivity contribution is -0.870. The van der Waals surface area contributed by atoms with Gasteiger partial charge < -0.3 is 28.5 Å². The van der Waals surface area contributed by atoms with E-state index in [1.165, 1.54) is 148 Å². The Labute approximate surface area is 488 Å². The van der Waals surface area contributed by atoms with Crippen LogP contribution in [0.2, 0.25) is 0 Å². The lowest BCUT2D eigenvalue weighted by atomic mass is 10.0. The van der Waals surface area contributed by atoms with Gasteiger partial charge in [-0.25, -0.2) is 0 Å². The molecule has 0 aliphatic heterocycles. The summed E-state index contributed by atoms with van der Waals surface area (Å²) in [6.07, 6.45) is 77.0. The summed E-state index contributed by atoms with van der Waals surface area (Å²) in [6, 6.07) is -0.893. The van der Waals surface area contributed by atoms with Crippen molar-refractivity contribution in [3.8, 4) is 0 Å². The van der Waals surface area contributed by atoms with Gasteiger partial charge in [0, 0.05) is 12.8 Å². The van der Waals surface area contributed by atoms with Gasteiger partial charge in [-0.2, -0.15) is 0 Å². The molecule has 0 radical (unpaired) electrons. The smallest absolute Gasteiger partial charge is 0.306 e. The van der Waals surface area contributed by atoms with E-state index in [-0.39, 0.29) is 24.9 Å². The molecule has 0 bridgehead atoms. The second-order valence-corrected chi connectivity index (χ2v) is 24.7. The van der Waals surface area contributed by atoms with Crippen molar-refractivity contribution in [3.05, 3.63) is 85.1 Å². The van der Waals surface area contributed by atoms with Crippen LogP contribution in [0.25, 0.3) is 0 Å². The molecule has 0 aromatic rings. The Balaban J connectivity index is 5.08. The molecule has 0 heterocycles. The number of unbranched alkanes of at least 4 members (excludes halogenated alkanes) is 31. The quantitative estimate of drug-likeness (QED) is 0.0212. The molecule has 458 valence electrons. The highest BCUT2D eigenvalue weighted by molar-refractivity contribution is 7.45. The van der Waals surface area contributed by atoms with Crippen LogP contribution >= 0.6 is 7.82 Å². The number of phosphoric ester groups is 1. The highest BCUT2D eigenvalue weighted by atomic mass is 31.2. The van der Waals surface area contributed by atoms with Gasteiger partial charge in [-0.1, -0.05) is 280 Å². The molecule has 3 unspecified atom stereocenters. The molecule has 0 spiro atoms. The van der Waals surface area contributed by atoms with Gasteiger partial charge in [0.05, 0.1) is 33.8 Å². The average Bonchev–Trinajstić information content (AvgIpc) is 3.41. The van der Waals surface area contributed by atoms with Gasteiger partial charge >= 0.3 is 5.97 Å². The Morgan fingerprint density at radius 2 is 0.810 bits per heavy atom. The van der Waals surface area contributed by atoms with Crippen LogP contribution in [-0.2, 0) is 27.9 Å². The van der Waals surface area contributed by atoms with Crippen molar-refractivity contribution in [3.63, 3.8) is 0 Å². The maximum atomic E-state index is 13.5. The summed E-state index contributed by atoms with van der Waals surface area (Å²) in [5.74, 6) is -0.546. The first kappa shape index (κ1) is 76.2. The largest absolute Gasteiger partial charge is 0.756 e. The van der Waals surface area contributed by atoms with Crippen LogP contribution in [0.4, 0.5) is 0 Å². The predicted molar refractivity (Wildman–Crippen MR) is 339 cm³/mol. The van der Waals surface area contributed by atoms with Gasteiger partial charge in [0.25, 0.3) is 7.82 Å². The second kappa shape index (κ2) is 58.4. The van der Waals surface area contributed by atoms with Crippen molar-refractivity contribution in [2.45, 2.75) is 303 Å². The lowest BCUT2D eigenvalue weighted by Gasteiger charge is -2.30. The molecule has 0 aromatic heterocycles. The van der Waals surface area contributed by atoms with Crippen LogP contribution in [0.3, 0.4) is 0 Å². The number of esters is 1. The summed E-state index contributed by atoms with van der Waals surface area (Å²) in [7, 11) is 1.18. The van der Waals surface area contributed by atoms with Gasteiger partial charge in [0.2, 0.25) is 5.91 Å². The Kier molecular flexibility index (Phi) is 56.3. The van der Waals surface area contributed by atoms with Crippen molar-refractivity contribution in [2.24, 2.45) is 0 Å². The number of carbonyl (C=O) groups excluding carboxylic acids is 2. The number of hydrogen-bond acceptors (Lipinski definition) is 7. The minimum Gasteiger partial charge on any atom is -0.756 e. The number of quaternary nitrogens is 1. The predicted octanol–water partition coefficient (Wildman–Crippen LogP) is 19.9. The van der Waals surface area contributed by atoms with E-state index < -0.39 is 26.6 Å². The molecule has 9 nitrogen and oxygen atoms in total. The van der Waals surface area contributed by atoms with Gasteiger partial charge in [-0.05, 0) is 83.1 Å². The molecule has 0 saturated heterocycles. The molecule has 0 fully saturated rings. The molecule has 0 rings (SSSR count). The van der Waals surface area contributed by atoms with Gasteiger partial charge in [-0.3, -0.25) is 14.2 Å². The van der Waals surface area contributed by atoms with Crippen LogP contribution in [-0.4, -0.2) is 69.4 Å². The summed E-state index contributed by atoms with van der Waals surface area (Å²) in [6.45, 7) is 6.73. The highest BCUT2D eigenvalue weighted by Gasteiger charge is 2.27. The maximum Gasteiger partial charge on any atom is 0.306 e. The molecule has 1 N–H and O–H groups in total. The minimum absolute atomic E-state index is 0.0252. The number of phosphoric acid groups is 1. The number of allylic oxidation sites excluding steroid dienone is 13. The summed E-state index contributed by atoms with van der Waals surface area (Å²) in [5, 5.41) is 3.03. The van der Waals surface area contributed by atoms with Crippen molar-refractivity contribution in [1.82, 2.24) is 5.32 Å². The van der Waals surface area contributed by atoms with Crippen molar-refractivity contribution in [1.29, 1.82) is 0 Å². The number of nitrogens with zero attached hydrogens (tertiary/aromatic N) is 1. The zero-order valence-electron chi connectivity index (χ0n) is 52.3. The molecule has 0 aromatic carbocycles. The number of ether oxygens (including phenoxy) is 1. The molecule has 1 amide bonds. The van der Waals surface area contributed by atoms with E-state index in [1.807, 2.05) is 33.3 Å². The first-order valence-electron chi connectivity index (χ1n) is 32.9. The van der Waals surface area contributed by atoms with E-state index in [0.717, 1.165) is 109 Å². The number of carbonyl (C=O) groups is 2. The molecule has 79 heavy (non-hydrogen) atoms. The molecule has 0 saturated carbocycles.